The first-order valence-electron chi connectivity index (χ1n) is 8.22. The zero-order chi connectivity index (χ0) is 17.2. The van der Waals surface area contributed by atoms with Gasteiger partial charge in [0, 0.05) is 26.8 Å². The molecule has 25 heavy (non-hydrogen) atoms. The van der Waals surface area contributed by atoms with Gasteiger partial charge in [0.2, 0.25) is 0 Å². The second-order valence-electron chi connectivity index (χ2n) is 5.86. The number of rotatable bonds is 8. The molecule has 6 nitrogen and oxygen atoms in total. The summed E-state index contributed by atoms with van der Waals surface area (Å²) < 4.78 is 7.62. The number of halogens is 1. The molecular formula is C18H28IN5O. The SMILES string of the molecule is CN=C(NCc1ccnn1C)NCC(C)COCc1ccccc1.I. The number of aryl methyl sites for hydroxylation is 1. The highest BCUT2D eigenvalue weighted by Crippen LogP contribution is 2.03. The van der Waals surface area contributed by atoms with Gasteiger partial charge in [-0.25, -0.2) is 0 Å². The Kier molecular flexibility index (Phi) is 10.2. The van der Waals surface area contributed by atoms with Crippen molar-refractivity contribution in [2.75, 3.05) is 20.2 Å². The molecule has 0 aliphatic carbocycles. The van der Waals surface area contributed by atoms with E-state index >= 15 is 0 Å². The Hall–Kier alpha value is -1.61. The van der Waals surface area contributed by atoms with Crippen LogP contribution in [0.15, 0.2) is 47.6 Å². The predicted octanol–water partition coefficient (Wildman–Crippen LogP) is 2.56. The van der Waals surface area contributed by atoms with E-state index in [1.807, 2.05) is 36.0 Å². The first kappa shape index (κ1) is 21.4. The lowest BCUT2D eigenvalue weighted by Crippen LogP contribution is -2.40. The van der Waals surface area contributed by atoms with Crippen molar-refractivity contribution in [2.45, 2.75) is 20.1 Å². The molecule has 0 fully saturated rings. The second-order valence-corrected chi connectivity index (χ2v) is 5.86. The number of ether oxygens (including phenoxy) is 1. The maximum atomic E-state index is 5.77. The van der Waals surface area contributed by atoms with Crippen LogP contribution in [-0.2, 0) is 24.9 Å². The van der Waals surface area contributed by atoms with E-state index in [1.165, 1.54) is 5.56 Å². The molecule has 0 radical (unpaired) electrons. The number of hydrogen-bond acceptors (Lipinski definition) is 3. The molecule has 0 saturated carbocycles. The average molecular weight is 457 g/mol. The Morgan fingerprint density at radius 3 is 2.64 bits per heavy atom. The Bertz CT molecular complexity index is 629. The van der Waals surface area contributed by atoms with E-state index in [0.717, 1.165) is 18.2 Å². The molecule has 1 unspecified atom stereocenters. The Morgan fingerprint density at radius 2 is 2.00 bits per heavy atom. The van der Waals surface area contributed by atoms with E-state index in [2.05, 4.69) is 39.8 Å². The first-order chi connectivity index (χ1) is 11.7. The lowest BCUT2D eigenvalue weighted by Gasteiger charge is -2.16. The topological polar surface area (TPSA) is 63.5 Å². The van der Waals surface area contributed by atoms with Gasteiger partial charge < -0.3 is 15.4 Å². The molecule has 0 aliphatic rings. The molecule has 0 saturated heterocycles. The molecule has 0 aliphatic heterocycles. The van der Waals surface area contributed by atoms with Gasteiger partial charge in [-0.05, 0) is 17.5 Å². The monoisotopic (exact) mass is 457 g/mol. The summed E-state index contributed by atoms with van der Waals surface area (Å²) in [6, 6.07) is 12.2. The van der Waals surface area contributed by atoms with E-state index in [9.17, 15) is 0 Å². The number of aromatic nitrogens is 2. The fourth-order valence-corrected chi connectivity index (χ4v) is 2.25. The zero-order valence-corrected chi connectivity index (χ0v) is 17.4. The molecule has 2 N–H and O–H groups in total. The maximum absolute atomic E-state index is 5.77. The molecule has 0 amide bonds. The van der Waals surface area contributed by atoms with Crippen LogP contribution >= 0.6 is 24.0 Å². The largest absolute Gasteiger partial charge is 0.376 e. The third-order valence-electron chi connectivity index (χ3n) is 3.71. The minimum atomic E-state index is 0. The van der Waals surface area contributed by atoms with Gasteiger partial charge in [0.25, 0.3) is 0 Å². The fourth-order valence-electron chi connectivity index (χ4n) is 2.25. The summed E-state index contributed by atoms with van der Waals surface area (Å²) >= 11 is 0. The van der Waals surface area contributed by atoms with Crippen LogP contribution in [0.1, 0.15) is 18.2 Å². The number of benzene rings is 1. The molecule has 138 valence electrons. The summed E-state index contributed by atoms with van der Waals surface area (Å²) in [5.41, 5.74) is 2.31. The number of nitrogens with one attached hydrogen (secondary N) is 2. The highest BCUT2D eigenvalue weighted by atomic mass is 127. The van der Waals surface area contributed by atoms with Gasteiger partial charge in [0.05, 0.1) is 25.5 Å². The minimum absolute atomic E-state index is 0. The van der Waals surface area contributed by atoms with Crippen molar-refractivity contribution < 1.29 is 4.74 Å². The summed E-state index contributed by atoms with van der Waals surface area (Å²) in [6.07, 6.45) is 1.79. The van der Waals surface area contributed by atoms with Crippen molar-refractivity contribution in [3.05, 3.63) is 53.9 Å². The summed E-state index contributed by atoms with van der Waals surface area (Å²) in [6.45, 7) is 5.01. The molecular weight excluding hydrogens is 429 g/mol. The predicted molar refractivity (Wildman–Crippen MR) is 112 cm³/mol. The lowest BCUT2D eigenvalue weighted by atomic mass is 10.2. The Balaban J connectivity index is 0.00000312. The van der Waals surface area contributed by atoms with E-state index in [-0.39, 0.29) is 24.0 Å². The van der Waals surface area contributed by atoms with Crippen molar-refractivity contribution in [1.82, 2.24) is 20.4 Å². The summed E-state index contributed by atoms with van der Waals surface area (Å²) in [5.74, 6) is 1.18. The van der Waals surface area contributed by atoms with Crippen LogP contribution in [0.4, 0.5) is 0 Å². The van der Waals surface area contributed by atoms with Crippen LogP contribution in [0.5, 0.6) is 0 Å². The molecule has 1 heterocycles. The average Bonchev–Trinajstić information content (AvgIpc) is 3.01. The van der Waals surface area contributed by atoms with Gasteiger partial charge in [0.15, 0.2) is 5.96 Å². The maximum Gasteiger partial charge on any atom is 0.191 e. The summed E-state index contributed by atoms with van der Waals surface area (Å²) in [7, 11) is 3.70. The molecule has 2 aromatic rings. The number of nitrogens with zero attached hydrogens (tertiary/aromatic N) is 3. The third kappa shape index (κ3) is 7.87. The van der Waals surface area contributed by atoms with Crippen LogP contribution in [0.2, 0.25) is 0 Å². The normalized spacial score (nSPS) is 12.4. The Labute approximate surface area is 167 Å². The van der Waals surface area contributed by atoms with Crippen molar-refractivity contribution in [3.63, 3.8) is 0 Å². The molecule has 0 spiro atoms. The molecule has 7 heteroatoms. The van der Waals surface area contributed by atoms with Gasteiger partial charge in [-0.1, -0.05) is 37.3 Å². The smallest absolute Gasteiger partial charge is 0.191 e. The highest BCUT2D eigenvalue weighted by molar-refractivity contribution is 14.0. The van der Waals surface area contributed by atoms with Gasteiger partial charge in [-0.15, -0.1) is 24.0 Å². The first-order valence-corrected chi connectivity index (χ1v) is 8.22. The van der Waals surface area contributed by atoms with Gasteiger partial charge in [0.1, 0.15) is 0 Å². The number of aliphatic imine (C=N–C) groups is 1. The van der Waals surface area contributed by atoms with E-state index < -0.39 is 0 Å². The molecule has 1 atom stereocenters. The van der Waals surface area contributed by atoms with Crippen molar-refractivity contribution in [3.8, 4) is 0 Å². The number of hydrogen-bond donors (Lipinski definition) is 2. The van der Waals surface area contributed by atoms with Crippen molar-refractivity contribution in [1.29, 1.82) is 0 Å². The molecule has 2 rings (SSSR count). The minimum Gasteiger partial charge on any atom is -0.376 e. The van der Waals surface area contributed by atoms with Crippen LogP contribution in [0.3, 0.4) is 0 Å². The van der Waals surface area contributed by atoms with E-state index in [0.29, 0.717) is 25.7 Å². The van der Waals surface area contributed by atoms with E-state index in [4.69, 9.17) is 4.74 Å². The standard InChI is InChI=1S/C18H27N5O.HI/c1-15(13-24-14-16-7-5-4-6-8-16)11-20-18(19-2)21-12-17-9-10-22-23(17)3;/h4-10,15H,11-14H2,1-3H3,(H2,19,20,21);1H. The second kappa shape index (κ2) is 11.9. The fraction of sp³-hybridized carbons (Fsp3) is 0.444. The summed E-state index contributed by atoms with van der Waals surface area (Å²) in [4.78, 5) is 4.24. The van der Waals surface area contributed by atoms with Crippen LogP contribution in [0.25, 0.3) is 0 Å². The Morgan fingerprint density at radius 1 is 1.24 bits per heavy atom. The van der Waals surface area contributed by atoms with E-state index in [1.54, 1.807) is 13.2 Å². The zero-order valence-electron chi connectivity index (χ0n) is 15.1. The molecule has 0 bridgehead atoms. The van der Waals surface area contributed by atoms with Gasteiger partial charge >= 0.3 is 0 Å². The highest BCUT2D eigenvalue weighted by Gasteiger charge is 2.05. The quantitative estimate of drug-likeness (QED) is 0.364. The van der Waals surface area contributed by atoms with Crippen LogP contribution in [-0.4, -0.2) is 35.9 Å². The molecule has 1 aromatic heterocycles. The van der Waals surface area contributed by atoms with Crippen LogP contribution < -0.4 is 10.6 Å². The van der Waals surface area contributed by atoms with Crippen molar-refractivity contribution in [2.24, 2.45) is 18.0 Å². The molecule has 1 aromatic carbocycles. The third-order valence-corrected chi connectivity index (χ3v) is 3.71. The van der Waals surface area contributed by atoms with Gasteiger partial charge in [-0.3, -0.25) is 9.67 Å². The summed E-state index contributed by atoms with van der Waals surface area (Å²) in [5, 5.41) is 10.8. The van der Waals surface area contributed by atoms with Gasteiger partial charge in [-0.2, -0.15) is 5.10 Å². The van der Waals surface area contributed by atoms with Crippen molar-refractivity contribution >= 4 is 29.9 Å². The number of guanidine groups is 1. The lowest BCUT2D eigenvalue weighted by molar-refractivity contribution is 0.0931. The van der Waals surface area contributed by atoms with Crippen LogP contribution in [0, 0.1) is 5.92 Å².